The van der Waals surface area contributed by atoms with Crippen LogP contribution in [0.1, 0.15) is 23.7 Å². The van der Waals surface area contributed by atoms with Crippen LogP contribution in [0.4, 0.5) is 0 Å². The molecule has 0 aliphatic carbocycles. The van der Waals surface area contributed by atoms with Gasteiger partial charge in [-0.3, -0.25) is 4.79 Å². The van der Waals surface area contributed by atoms with Crippen molar-refractivity contribution in [2.75, 3.05) is 13.1 Å². The number of aryl methyl sites for hydroxylation is 1. The van der Waals surface area contributed by atoms with Gasteiger partial charge in [0.05, 0.1) is 0 Å². The van der Waals surface area contributed by atoms with Crippen molar-refractivity contribution in [2.24, 2.45) is 0 Å². The molecule has 1 aliphatic heterocycles. The van der Waals surface area contributed by atoms with E-state index in [0.29, 0.717) is 18.7 Å². The Morgan fingerprint density at radius 1 is 1.21 bits per heavy atom. The Bertz CT molecular complexity index is 916. The highest BCUT2D eigenvalue weighted by molar-refractivity contribution is 6.10. The number of hydrogen-bond acceptors (Lipinski definition) is 3. The van der Waals surface area contributed by atoms with Crippen molar-refractivity contribution < 1.29 is 10.0 Å². The van der Waals surface area contributed by atoms with E-state index >= 15 is 0 Å². The SMILES string of the molecule is CCn1c2ccccc2c2ccc(C(=O)NC3CCN(O)C3)cc21. The summed E-state index contributed by atoms with van der Waals surface area (Å²) in [7, 11) is 0. The van der Waals surface area contributed by atoms with Crippen molar-refractivity contribution in [1.29, 1.82) is 0 Å². The van der Waals surface area contributed by atoms with Crippen molar-refractivity contribution in [1.82, 2.24) is 14.9 Å². The third-order valence-corrected chi connectivity index (χ3v) is 4.85. The second-order valence-corrected chi connectivity index (χ2v) is 6.37. The highest BCUT2D eigenvalue weighted by atomic mass is 16.5. The number of fused-ring (bicyclic) bond motifs is 3. The first-order valence-corrected chi connectivity index (χ1v) is 8.43. The summed E-state index contributed by atoms with van der Waals surface area (Å²) in [5, 5.41) is 16.1. The highest BCUT2D eigenvalue weighted by Gasteiger charge is 2.23. The predicted octanol–water partition coefficient (Wildman–Crippen LogP) is 3.01. The lowest BCUT2D eigenvalue weighted by Gasteiger charge is -2.12. The number of carbonyl (C=O) groups excluding carboxylic acids is 1. The molecule has 1 fully saturated rings. The summed E-state index contributed by atoms with van der Waals surface area (Å²) in [5.41, 5.74) is 2.94. The first-order valence-electron chi connectivity index (χ1n) is 8.43. The molecule has 5 heteroatoms. The number of nitrogens with one attached hydrogen (secondary N) is 1. The van der Waals surface area contributed by atoms with Crippen LogP contribution in [0.2, 0.25) is 0 Å². The van der Waals surface area contributed by atoms with E-state index < -0.39 is 0 Å². The van der Waals surface area contributed by atoms with Gasteiger partial charge in [-0.15, -0.1) is 0 Å². The molecule has 2 aromatic carbocycles. The van der Waals surface area contributed by atoms with Crippen LogP contribution in [0.3, 0.4) is 0 Å². The van der Waals surface area contributed by atoms with Gasteiger partial charge in [0.1, 0.15) is 0 Å². The van der Waals surface area contributed by atoms with Gasteiger partial charge in [0, 0.05) is 53.0 Å². The number of para-hydroxylation sites is 1. The van der Waals surface area contributed by atoms with Gasteiger partial charge in [-0.1, -0.05) is 24.3 Å². The van der Waals surface area contributed by atoms with E-state index in [-0.39, 0.29) is 11.9 Å². The zero-order chi connectivity index (χ0) is 16.7. The third-order valence-electron chi connectivity index (χ3n) is 4.85. The molecule has 2 N–H and O–H groups in total. The number of nitrogens with zero attached hydrogens (tertiary/aromatic N) is 2. The second-order valence-electron chi connectivity index (χ2n) is 6.37. The Morgan fingerprint density at radius 2 is 2.00 bits per heavy atom. The minimum Gasteiger partial charge on any atom is -0.348 e. The molecule has 2 heterocycles. The van der Waals surface area contributed by atoms with E-state index in [4.69, 9.17) is 0 Å². The quantitative estimate of drug-likeness (QED) is 0.779. The van der Waals surface area contributed by atoms with Gasteiger partial charge in [0.25, 0.3) is 5.91 Å². The zero-order valence-electron chi connectivity index (χ0n) is 13.7. The molecule has 0 spiro atoms. The smallest absolute Gasteiger partial charge is 0.251 e. The van der Waals surface area contributed by atoms with Gasteiger partial charge < -0.3 is 15.1 Å². The summed E-state index contributed by atoms with van der Waals surface area (Å²) in [6.07, 6.45) is 0.777. The third kappa shape index (κ3) is 2.46. The zero-order valence-corrected chi connectivity index (χ0v) is 13.7. The van der Waals surface area contributed by atoms with Crippen LogP contribution in [0.5, 0.6) is 0 Å². The summed E-state index contributed by atoms with van der Waals surface area (Å²) in [5.74, 6) is -0.0786. The van der Waals surface area contributed by atoms with Gasteiger partial charge >= 0.3 is 0 Å². The van der Waals surface area contributed by atoms with Crippen LogP contribution in [-0.2, 0) is 6.54 Å². The van der Waals surface area contributed by atoms with Crippen LogP contribution in [0.15, 0.2) is 42.5 Å². The van der Waals surface area contributed by atoms with Crippen molar-refractivity contribution in [3.05, 3.63) is 48.0 Å². The van der Waals surface area contributed by atoms with E-state index in [1.807, 2.05) is 30.3 Å². The molecule has 1 unspecified atom stereocenters. The molecule has 1 atom stereocenters. The number of aromatic nitrogens is 1. The Labute approximate surface area is 140 Å². The number of rotatable bonds is 3. The fraction of sp³-hybridized carbons (Fsp3) is 0.316. The molecule has 124 valence electrons. The van der Waals surface area contributed by atoms with E-state index in [1.165, 1.54) is 21.4 Å². The van der Waals surface area contributed by atoms with E-state index in [0.717, 1.165) is 18.5 Å². The summed E-state index contributed by atoms with van der Waals surface area (Å²) < 4.78 is 2.24. The Morgan fingerprint density at radius 3 is 2.75 bits per heavy atom. The first-order chi connectivity index (χ1) is 11.7. The molecule has 4 rings (SSSR count). The Balaban J connectivity index is 1.72. The lowest BCUT2D eigenvalue weighted by Crippen LogP contribution is -2.36. The largest absolute Gasteiger partial charge is 0.348 e. The first kappa shape index (κ1) is 15.2. The van der Waals surface area contributed by atoms with Crippen LogP contribution >= 0.6 is 0 Å². The van der Waals surface area contributed by atoms with Gasteiger partial charge in [-0.25, -0.2) is 0 Å². The minimum atomic E-state index is -0.0786. The molecule has 1 aromatic heterocycles. The maximum Gasteiger partial charge on any atom is 0.251 e. The normalized spacial score (nSPS) is 18.5. The van der Waals surface area contributed by atoms with E-state index in [9.17, 15) is 10.0 Å². The maximum atomic E-state index is 12.5. The molecule has 0 saturated carbocycles. The fourth-order valence-electron chi connectivity index (χ4n) is 3.66. The minimum absolute atomic E-state index is 0.00947. The molecule has 1 saturated heterocycles. The van der Waals surface area contributed by atoms with Crippen molar-refractivity contribution >= 4 is 27.7 Å². The summed E-state index contributed by atoms with van der Waals surface area (Å²) in [6, 6.07) is 14.2. The average molecular weight is 323 g/mol. The van der Waals surface area contributed by atoms with Gasteiger partial charge in [-0.05, 0) is 31.5 Å². The topological polar surface area (TPSA) is 57.5 Å². The number of benzene rings is 2. The maximum absolute atomic E-state index is 12.5. The number of hydroxylamine groups is 2. The molecule has 0 bridgehead atoms. The van der Waals surface area contributed by atoms with Gasteiger partial charge in [0.15, 0.2) is 0 Å². The second kappa shape index (κ2) is 5.92. The lowest BCUT2D eigenvalue weighted by molar-refractivity contribution is -0.0694. The van der Waals surface area contributed by atoms with Crippen LogP contribution in [0, 0.1) is 0 Å². The van der Waals surface area contributed by atoms with Crippen LogP contribution in [-0.4, -0.2) is 39.9 Å². The Hall–Kier alpha value is -2.37. The molecule has 24 heavy (non-hydrogen) atoms. The number of hydrogen-bond donors (Lipinski definition) is 2. The van der Waals surface area contributed by atoms with Crippen molar-refractivity contribution in [3.8, 4) is 0 Å². The molecular weight excluding hydrogens is 302 g/mol. The molecule has 0 radical (unpaired) electrons. The monoisotopic (exact) mass is 323 g/mol. The molecule has 5 nitrogen and oxygen atoms in total. The average Bonchev–Trinajstić information content (AvgIpc) is 3.14. The highest BCUT2D eigenvalue weighted by Crippen LogP contribution is 2.29. The van der Waals surface area contributed by atoms with E-state index in [1.54, 1.807) is 0 Å². The summed E-state index contributed by atoms with van der Waals surface area (Å²) >= 11 is 0. The van der Waals surface area contributed by atoms with Gasteiger partial charge in [-0.2, -0.15) is 5.06 Å². The summed E-state index contributed by atoms with van der Waals surface area (Å²) in [4.78, 5) is 12.5. The van der Waals surface area contributed by atoms with Crippen LogP contribution in [0.25, 0.3) is 21.8 Å². The summed E-state index contributed by atoms with van der Waals surface area (Å²) in [6.45, 7) is 4.07. The van der Waals surface area contributed by atoms with Crippen molar-refractivity contribution in [3.63, 3.8) is 0 Å². The number of amides is 1. The standard InChI is InChI=1S/C19H21N3O2/c1-2-22-17-6-4-3-5-15(17)16-8-7-13(11-18(16)22)19(23)20-14-9-10-21(24)12-14/h3-8,11,14,24H,2,9-10,12H2,1H3,(H,20,23). The fourth-order valence-corrected chi connectivity index (χ4v) is 3.66. The van der Waals surface area contributed by atoms with Crippen LogP contribution < -0.4 is 5.32 Å². The number of carbonyl (C=O) groups is 1. The van der Waals surface area contributed by atoms with Crippen molar-refractivity contribution in [2.45, 2.75) is 25.9 Å². The predicted molar refractivity (Wildman–Crippen MR) is 94.3 cm³/mol. The molecular formula is C19H21N3O2. The molecule has 1 aliphatic rings. The molecule has 3 aromatic rings. The Kier molecular flexibility index (Phi) is 3.75. The molecule has 1 amide bonds. The van der Waals surface area contributed by atoms with E-state index in [2.05, 4.69) is 28.9 Å². The van der Waals surface area contributed by atoms with Gasteiger partial charge in [0.2, 0.25) is 0 Å². The lowest BCUT2D eigenvalue weighted by atomic mass is 10.1.